The average molecular weight is 355 g/mol. The first-order chi connectivity index (χ1) is 12.6. The summed E-state index contributed by atoms with van der Waals surface area (Å²) in [4.78, 5) is 2.34. The number of para-hydroxylation sites is 1. The SMILES string of the molecule is Cc1ccccc1COc1ccccc1CN1CCCC(O)(CO)CC1. The van der Waals surface area contributed by atoms with Gasteiger partial charge in [0, 0.05) is 18.7 Å². The summed E-state index contributed by atoms with van der Waals surface area (Å²) in [6, 6.07) is 16.5. The molecule has 26 heavy (non-hydrogen) atoms. The maximum absolute atomic E-state index is 10.3. The number of nitrogens with zero attached hydrogens (tertiary/aromatic N) is 1. The van der Waals surface area contributed by atoms with Crippen molar-refractivity contribution in [2.24, 2.45) is 0 Å². The highest BCUT2D eigenvalue weighted by Crippen LogP contribution is 2.26. The van der Waals surface area contributed by atoms with Gasteiger partial charge < -0.3 is 14.9 Å². The van der Waals surface area contributed by atoms with Crippen LogP contribution in [0.3, 0.4) is 0 Å². The number of benzene rings is 2. The van der Waals surface area contributed by atoms with Gasteiger partial charge in [0.25, 0.3) is 0 Å². The lowest BCUT2D eigenvalue weighted by molar-refractivity contribution is -0.0255. The summed E-state index contributed by atoms with van der Waals surface area (Å²) in [6.45, 7) is 5.01. The van der Waals surface area contributed by atoms with E-state index in [0.717, 1.165) is 37.4 Å². The van der Waals surface area contributed by atoms with E-state index in [9.17, 15) is 10.2 Å². The van der Waals surface area contributed by atoms with Crippen molar-refractivity contribution in [3.05, 3.63) is 65.2 Å². The molecule has 0 aliphatic carbocycles. The summed E-state index contributed by atoms with van der Waals surface area (Å²) in [5.41, 5.74) is 2.68. The first-order valence-corrected chi connectivity index (χ1v) is 9.40. The smallest absolute Gasteiger partial charge is 0.124 e. The Morgan fingerprint density at radius 2 is 1.73 bits per heavy atom. The molecule has 4 nitrogen and oxygen atoms in total. The van der Waals surface area contributed by atoms with E-state index >= 15 is 0 Å². The van der Waals surface area contributed by atoms with Crippen LogP contribution >= 0.6 is 0 Å². The van der Waals surface area contributed by atoms with Crippen molar-refractivity contribution >= 4 is 0 Å². The van der Waals surface area contributed by atoms with Crippen molar-refractivity contribution in [1.29, 1.82) is 0 Å². The van der Waals surface area contributed by atoms with Gasteiger partial charge in [-0.2, -0.15) is 0 Å². The Hall–Kier alpha value is -1.88. The van der Waals surface area contributed by atoms with Gasteiger partial charge in [0.2, 0.25) is 0 Å². The second-order valence-electron chi connectivity index (χ2n) is 7.34. The first-order valence-electron chi connectivity index (χ1n) is 9.40. The van der Waals surface area contributed by atoms with Crippen LogP contribution in [0, 0.1) is 6.92 Å². The number of aryl methyl sites for hydroxylation is 1. The Morgan fingerprint density at radius 1 is 1.00 bits per heavy atom. The van der Waals surface area contributed by atoms with E-state index in [2.05, 4.69) is 30.0 Å². The lowest BCUT2D eigenvalue weighted by Crippen LogP contribution is -2.34. The minimum absolute atomic E-state index is 0.156. The summed E-state index contributed by atoms with van der Waals surface area (Å²) < 4.78 is 6.12. The third kappa shape index (κ3) is 4.85. The van der Waals surface area contributed by atoms with Crippen LogP contribution in [0.1, 0.15) is 36.0 Å². The van der Waals surface area contributed by atoms with E-state index in [1.807, 2.05) is 30.3 Å². The minimum Gasteiger partial charge on any atom is -0.489 e. The number of ether oxygens (including phenoxy) is 1. The molecule has 1 fully saturated rings. The van der Waals surface area contributed by atoms with Crippen molar-refractivity contribution in [1.82, 2.24) is 4.90 Å². The summed E-state index contributed by atoms with van der Waals surface area (Å²) in [6.07, 6.45) is 2.16. The van der Waals surface area contributed by atoms with Crippen molar-refractivity contribution < 1.29 is 14.9 Å². The highest BCUT2D eigenvalue weighted by molar-refractivity contribution is 5.34. The zero-order chi connectivity index (χ0) is 18.4. The largest absolute Gasteiger partial charge is 0.489 e. The predicted molar refractivity (Wildman–Crippen MR) is 103 cm³/mol. The zero-order valence-electron chi connectivity index (χ0n) is 15.5. The molecule has 0 amide bonds. The van der Waals surface area contributed by atoms with Gasteiger partial charge in [0.15, 0.2) is 0 Å². The van der Waals surface area contributed by atoms with E-state index < -0.39 is 5.60 Å². The molecule has 2 aromatic carbocycles. The Kier molecular flexibility index (Phi) is 6.30. The van der Waals surface area contributed by atoms with Gasteiger partial charge >= 0.3 is 0 Å². The van der Waals surface area contributed by atoms with Crippen LogP contribution in [0.15, 0.2) is 48.5 Å². The maximum atomic E-state index is 10.3. The number of rotatable bonds is 6. The predicted octanol–water partition coefficient (Wildman–Crippen LogP) is 3.28. The van der Waals surface area contributed by atoms with E-state index in [1.54, 1.807) is 0 Å². The average Bonchev–Trinajstić information content (AvgIpc) is 2.84. The summed E-state index contributed by atoms with van der Waals surface area (Å²) in [5, 5.41) is 19.7. The minimum atomic E-state index is -0.921. The fourth-order valence-corrected chi connectivity index (χ4v) is 3.49. The molecular weight excluding hydrogens is 326 g/mol. The lowest BCUT2D eigenvalue weighted by Gasteiger charge is -2.25. The van der Waals surface area contributed by atoms with Gasteiger partial charge in [-0.05, 0) is 49.9 Å². The van der Waals surface area contributed by atoms with Crippen LogP contribution in [0.5, 0.6) is 5.75 Å². The Balaban J connectivity index is 1.65. The molecule has 2 aromatic rings. The molecule has 0 radical (unpaired) electrons. The van der Waals surface area contributed by atoms with E-state index in [4.69, 9.17) is 4.74 Å². The standard InChI is InChI=1S/C22H29NO3/c1-18-7-2-3-9-20(18)16-26-21-10-5-4-8-19(21)15-23-13-6-11-22(25,17-24)12-14-23/h2-5,7-10,24-25H,6,11-17H2,1H3. The number of likely N-dealkylation sites (tertiary alicyclic amines) is 1. The van der Waals surface area contributed by atoms with Gasteiger partial charge in [-0.15, -0.1) is 0 Å². The molecule has 140 valence electrons. The molecule has 1 saturated heterocycles. The van der Waals surface area contributed by atoms with Gasteiger partial charge in [-0.3, -0.25) is 4.90 Å². The van der Waals surface area contributed by atoms with Crippen molar-refractivity contribution in [2.45, 2.75) is 44.9 Å². The third-order valence-corrected chi connectivity index (χ3v) is 5.32. The van der Waals surface area contributed by atoms with Crippen LogP contribution in [0.25, 0.3) is 0 Å². The number of hydrogen-bond acceptors (Lipinski definition) is 4. The highest BCUT2D eigenvalue weighted by atomic mass is 16.5. The second kappa shape index (κ2) is 8.67. The topological polar surface area (TPSA) is 52.9 Å². The van der Waals surface area contributed by atoms with Crippen LogP contribution in [-0.2, 0) is 13.2 Å². The van der Waals surface area contributed by atoms with Gasteiger partial charge in [-0.25, -0.2) is 0 Å². The molecule has 1 heterocycles. The van der Waals surface area contributed by atoms with E-state index in [-0.39, 0.29) is 6.61 Å². The Bertz CT molecular complexity index is 718. The van der Waals surface area contributed by atoms with Gasteiger partial charge in [-0.1, -0.05) is 42.5 Å². The van der Waals surface area contributed by atoms with Gasteiger partial charge in [0.1, 0.15) is 12.4 Å². The molecule has 0 spiro atoms. The maximum Gasteiger partial charge on any atom is 0.124 e. The highest BCUT2D eigenvalue weighted by Gasteiger charge is 2.29. The fourth-order valence-electron chi connectivity index (χ4n) is 3.49. The monoisotopic (exact) mass is 355 g/mol. The zero-order valence-corrected chi connectivity index (χ0v) is 15.5. The molecule has 1 unspecified atom stereocenters. The van der Waals surface area contributed by atoms with Crippen LogP contribution in [0.4, 0.5) is 0 Å². The Labute approximate surface area is 156 Å². The van der Waals surface area contributed by atoms with Crippen molar-refractivity contribution in [2.75, 3.05) is 19.7 Å². The van der Waals surface area contributed by atoms with Crippen LogP contribution in [0.2, 0.25) is 0 Å². The van der Waals surface area contributed by atoms with Crippen molar-refractivity contribution in [3.63, 3.8) is 0 Å². The normalized spacial score (nSPS) is 21.3. The van der Waals surface area contributed by atoms with Crippen molar-refractivity contribution in [3.8, 4) is 5.75 Å². The fraction of sp³-hybridized carbons (Fsp3) is 0.455. The Morgan fingerprint density at radius 3 is 2.50 bits per heavy atom. The molecule has 1 aliphatic rings. The summed E-state index contributed by atoms with van der Waals surface area (Å²) in [7, 11) is 0. The second-order valence-corrected chi connectivity index (χ2v) is 7.34. The van der Waals surface area contributed by atoms with E-state index in [1.165, 1.54) is 11.1 Å². The molecule has 0 bridgehead atoms. The van der Waals surface area contributed by atoms with Gasteiger partial charge in [0.05, 0.1) is 12.2 Å². The molecular formula is C22H29NO3. The quantitative estimate of drug-likeness (QED) is 0.835. The lowest BCUT2D eigenvalue weighted by atomic mass is 9.96. The van der Waals surface area contributed by atoms with E-state index in [0.29, 0.717) is 19.4 Å². The summed E-state index contributed by atoms with van der Waals surface area (Å²) in [5.74, 6) is 0.914. The summed E-state index contributed by atoms with van der Waals surface area (Å²) >= 11 is 0. The third-order valence-electron chi connectivity index (χ3n) is 5.32. The molecule has 2 N–H and O–H groups in total. The molecule has 1 aliphatic heterocycles. The number of aliphatic hydroxyl groups excluding tert-OH is 1. The first kappa shape index (κ1) is 18.9. The molecule has 0 aromatic heterocycles. The number of aliphatic hydroxyl groups is 2. The van der Waals surface area contributed by atoms with Crippen LogP contribution in [-0.4, -0.2) is 40.4 Å². The molecule has 4 heteroatoms. The number of hydrogen-bond donors (Lipinski definition) is 2. The molecule has 3 rings (SSSR count). The molecule has 1 atom stereocenters. The molecule has 0 saturated carbocycles. The van der Waals surface area contributed by atoms with Crippen LogP contribution < -0.4 is 4.74 Å².